The van der Waals surface area contributed by atoms with Gasteiger partial charge in [-0.15, -0.1) is 24.0 Å². The molecule has 2 N–H and O–H groups in total. The van der Waals surface area contributed by atoms with Crippen molar-refractivity contribution in [2.24, 2.45) is 4.99 Å². The molecule has 2 aromatic rings. The Bertz CT molecular complexity index is 607. The number of rotatable bonds is 6. The highest BCUT2D eigenvalue weighted by atomic mass is 127. The topological polar surface area (TPSA) is 71.7 Å². The van der Waals surface area contributed by atoms with Crippen molar-refractivity contribution in [2.75, 3.05) is 13.6 Å². The zero-order valence-corrected chi connectivity index (χ0v) is 16.9. The van der Waals surface area contributed by atoms with Gasteiger partial charge in [-0.2, -0.15) is 0 Å². The Morgan fingerprint density at radius 3 is 2.78 bits per heavy atom. The number of nitrogens with zero attached hydrogens (tertiary/aromatic N) is 2. The summed E-state index contributed by atoms with van der Waals surface area (Å²) in [6.07, 6.45) is 1.53. The first-order valence-corrected chi connectivity index (χ1v) is 7.73. The van der Waals surface area contributed by atoms with Crippen LogP contribution < -0.4 is 15.4 Å². The lowest BCUT2D eigenvalue weighted by atomic mass is 10.3. The van der Waals surface area contributed by atoms with E-state index in [1.807, 2.05) is 31.2 Å². The van der Waals surface area contributed by atoms with E-state index in [9.17, 15) is 0 Å². The van der Waals surface area contributed by atoms with Gasteiger partial charge >= 0.3 is 0 Å². The van der Waals surface area contributed by atoms with Crippen LogP contribution in [0.2, 0.25) is 0 Å². The van der Waals surface area contributed by atoms with E-state index in [-0.39, 0.29) is 30.1 Å². The molecule has 126 valence electrons. The maximum atomic E-state index is 5.87. The minimum atomic E-state index is -0.00991. The van der Waals surface area contributed by atoms with Gasteiger partial charge in [-0.1, -0.05) is 17.3 Å². The molecule has 0 saturated carbocycles. The summed E-state index contributed by atoms with van der Waals surface area (Å²) in [5.74, 6) is 1.51. The van der Waals surface area contributed by atoms with Gasteiger partial charge in [0.15, 0.2) is 5.96 Å². The highest BCUT2D eigenvalue weighted by Crippen LogP contribution is 2.24. The van der Waals surface area contributed by atoms with Gasteiger partial charge in [0, 0.05) is 13.1 Å². The van der Waals surface area contributed by atoms with Crippen LogP contribution in [0.15, 0.2) is 50.6 Å². The van der Waals surface area contributed by atoms with Crippen molar-refractivity contribution in [2.45, 2.75) is 19.6 Å². The molecule has 0 amide bonds. The molecular weight excluding hydrogens is 475 g/mol. The van der Waals surface area contributed by atoms with E-state index in [0.29, 0.717) is 19.0 Å². The number of nitrogens with one attached hydrogen (secondary N) is 2. The van der Waals surface area contributed by atoms with Gasteiger partial charge in [0.1, 0.15) is 23.8 Å². The fraction of sp³-hybridized carbons (Fsp3) is 0.333. The molecule has 0 radical (unpaired) electrons. The van der Waals surface area contributed by atoms with E-state index in [4.69, 9.17) is 9.26 Å². The maximum absolute atomic E-state index is 5.87. The zero-order chi connectivity index (χ0) is 15.8. The third kappa shape index (κ3) is 6.78. The Balaban J connectivity index is 0.00000264. The fourth-order valence-corrected chi connectivity index (χ4v) is 2.14. The molecule has 6 nitrogen and oxygen atoms in total. The zero-order valence-electron chi connectivity index (χ0n) is 13.0. The number of hydrogen-bond acceptors (Lipinski definition) is 4. The van der Waals surface area contributed by atoms with Crippen molar-refractivity contribution in [3.05, 3.63) is 46.8 Å². The summed E-state index contributed by atoms with van der Waals surface area (Å²) in [7, 11) is 1.72. The van der Waals surface area contributed by atoms with Crippen molar-refractivity contribution >= 4 is 45.9 Å². The first kappa shape index (κ1) is 19.8. The first-order valence-electron chi connectivity index (χ1n) is 6.94. The molecule has 0 spiro atoms. The molecule has 1 aromatic heterocycles. The van der Waals surface area contributed by atoms with E-state index in [0.717, 1.165) is 15.9 Å². The van der Waals surface area contributed by atoms with Gasteiger partial charge in [-0.05, 0) is 35.0 Å². The van der Waals surface area contributed by atoms with E-state index < -0.39 is 0 Å². The van der Waals surface area contributed by atoms with Crippen molar-refractivity contribution in [3.63, 3.8) is 0 Å². The highest BCUT2D eigenvalue weighted by molar-refractivity contribution is 14.0. The molecule has 0 bridgehead atoms. The van der Waals surface area contributed by atoms with Gasteiger partial charge in [-0.3, -0.25) is 4.99 Å². The van der Waals surface area contributed by atoms with Gasteiger partial charge in [-0.25, -0.2) is 0 Å². The normalized spacial score (nSPS) is 12.2. The summed E-state index contributed by atoms with van der Waals surface area (Å²) >= 11 is 3.47. The van der Waals surface area contributed by atoms with Crippen molar-refractivity contribution < 1.29 is 9.26 Å². The lowest BCUT2D eigenvalue weighted by molar-refractivity contribution is 0.222. The molecule has 0 aliphatic carbocycles. The molecular formula is C15H20BrIN4O2. The van der Waals surface area contributed by atoms with Crippen LogP contribution in [-0.2, 0) is 6.54 Å². The number of aromatic nitrogens is 1. The number of hydrogen-bond donors (Lipinski definition) is 2. The third-order valence-electron chi connectivity index (χ3n) is 2.87. The van der Waals surface area contributed by atoms with Crippen LogP contribution in [-0.4, -0.2) is 30.8 Å². The van der Waals surface area contributed by atoms with Crippen LogP contribution in [0.1, 0.15) is 12.6 Å². The number of para-hydroxylation sites is 1. The summed E-state index contributed by atoms with van der Waals surface area (Å²) in [6, 6.07) is 9.58. The van der Waals surface area contributed by atoms with Gasteiger partial charge in [0.2, 0.25) is 0 Å². The fourth-order valence-electron chi connectivity index (χ4n) is 1.76. The number of guanidine groups is 1. The highest BCUT2D eigenvalue weighted by Gasteiger charge is 2.08. The molecule has 1 aromatic carbocycles. The van der Waals surface area contributed by atoms with Crippen molar-refractivity contribution in [1.29, 1.82) is 0 Å². The van der Waals surface area contributed by atoms with E-state index in [1.165, 1.54) is 0 Å². The second kappa shape index (κ2) is 10.5. The largest absolute Gasteiger partial charge is 0.488 e. The van der Waals surface area contributed by atoms with E-state index in [1.54, 1.807) is 19.4 Å². The van der Waals surface area contributed by atoms with Crippen LogP contribution in [0, 0.1) is 0 Å². The lowest BCUT2D eigenvalue weighted by Gasteiger charge is -2.18. The molecule has 0 aliphatic rings. The summed E-state index contributed by atoms with van der Waals surface area (Å²) in [5, 5.41) is 10.2. The Morgan fingerprint density at radius 1 is 1.35 bits per heavy atom. The Labute approximate surface area is 161 Å². The molecule has 0 saturated heterocycles. The summed E-state index contributed by atoms with van der Waals surface area (Å²) < 4.78 is 11.6. The van der Waals surface area contributed by atoms with Crippen molar-refractivity contribution in [3.8, 4) is 5.75 Å². The predicted molar refractivity (Wildman–Crippen MR) is 104 cm³/mol. The van der Waals surface area contributed by atoms with Crippen LogP contribution in [0.5, 0.6) is 5.75 Å². The van der Waals surface area contributed by atoms with Crippen LogP contribution in [0.4, 0.5) is 0 Å². The summed E-state index contributed by atoms with van der Waals surface area (Å²) in [5.41, 5.74) is 0.820. The van der Waals surface area contributed by atoms with E-state index in [2.05, 4.69) is 36.7 Å². The molecule has 1 atom stereocenters. The molecule has 1 unspecified atom stereocenters. The molecule has 2 rings (SSSR count). The maximum Gasteiger partial charge on any atom is 0.191 e. The number of aliphatic imine (C=N–C) groups is 1. The summed E-state index contributed by atoms with van der Waals surface area (Å²) in [4.78, 5) is 4.16. The second-order valence-corrected chi connectivity index (χ2v) is 5.51. The smallest absolute Gasteiger partial charge is 0.191 e. The third-order valence-corrected chi connectivity index (χ3v) is 3.53. The van der Waals surface area contributed by atoms with Crippen LogP contribution in [0.25, 0.3) is 0 Å². The second-order valence-electron chi connectivity index (χ2n) is 4.66. The van der Waals surface area contributed by atoms with Crippen LogP contribution >= 0.6 is 39.9 Å². The van der Waals surface area contributed by atoms with Gasteiger partial charge < -0.3 is 19.9 Å². The standard InChI is InChI=1S/C15H19BrN4O2.HI/c1-11(22-14-6-4-3-5-13(14)16)9-18-15(17-2)19-10-12-7-8-21-20-12;/h3-8,11H,9-10H2,1-2H3,(H2,17,18,19);1H. The van der Waals surface area contributed by atoms with Crippen molar-refractivity contribution in [1.82, 2.24) is 15.8 Å². The quantitative estimate of drug-likeness (QED) is 0.366. The molecule has 1 heterocycles. The lowest BCUT2D eigenvalue weighted by Crippen LogP contribution is -2.41. The number of ether oxygens (including phenoxy) is 1. The minimum absolute atomic E-state index is 0. The average Bonchev–Trinajstić information content (AvgIpc) is 3.03. The van der Waals surface area contributed by atoms with Gasteiger partial charge in [0.05, 0.1) is 17.6 Å². The van der Waals surface area contributed by atoms with Gasteiger partial charge in [0.25, 0.3) is 0 Å². The molecule has 23 heavy (non-hydrogen) atoms. The molecule has 0 fully saturated rings. The SMILES string of the molecule is CN=C(NCc1ccon1)NCC(C)Oc1ccccc1Br.I. The Hall–Kier alpha value is -1.29. The predicted octanol–water partition coefficient (Wildman–Crippen LogP) is 3.19. The van der Waals surface area contributed by atoms with Crippen LogP contribution in [0.3, 0.4) is 0 Å². The number of halogens is 2. The van der Waals surface area contributed by atoms with E-state index >= 15 is 0 Å². The monoisotopic (exact) mass is 494 g/mol. The summed E-state index contributed by atoms with van der Waals surface area (Å²) in [6.45, 7) is 3.17. The average molecular weight is 495 g/mol. The number of benzene rings is 1. The minimum Gasteiger partial charge on any atom is -0.488 e. The molecule has 8 heteroatoms. The Morgan fingerprint density at radius 2 is 2.13 bits per heavy atom. The molecule has 0 aliphatic heterocycles. The first-order chi connectivity index (χ1) is 10.7. The Kier molecular flexibility index (Phi) is 9.00.